The van der Waals surface area contributed by atoms with Gasteiger partial charge < -0.3 is 4.90 Å². The van der Waals surface area contributed by atoms with Crippen molar-refractivity contribution in [3.05, 3.63) is 29.3 Å². The van der Waals surface area contributed by atoms with Crippen LogP contribution in [0.25, 0.3) is 10.2 Å². The number of thioether (sulfide) groups is 1. The fourth-order valence-electron chi connectivity index (χ4n) is 1.67. The standard InChI is InChI=1S/C15H20N2OS2/c1-15(2,3)19-10-14(18)17(4)9-13-16-11-7-5-6-8-12(11)20-13/h5-8H,9-10H2,1-4H3. The fourth-order valence-corrected chi connectivity index (χ4v) is 3.46. The van der Waals surface area contributed by atoms with Gasteiger partial charge in [0.25, 0.3) is 0 Å². The summed E-state index contributed by atoms with van der Waals surface area (Å²) in [6.45, 7) is 6.96. The minimum absolute atomic E-state index is 0.117. The molecule has 1 aromatic heterocycles. The van der Waals surface area contributed by atoms with E-state index in [1.807, 2.05) is 25.2 Å². The summed E-state index contributed by atoms with van der Waals surface area (Å²) in [5.74, 6) is 0.675. The van der Waals surface area contributed by atoms with E-state index in [1.54, 1.807) is 28.0 Å². The summed E-state index contributed by atoms with van der Waals surface area (Å²) in [5.41, 5.74) is 1.01. The third kappa shape index (κ3) is 4.21. The molecule has 0 aliphatic heterocycles. The first kappa shape index (κ1) is 15.3. The first-order valence-electron chi connectivity index (χ1n) is 6.57. The number of carbonyl (C=O) groups is 1. The molecule has 1 heterocycles. The smallest absolute Gasteiger partial charge is 0.232 e. The Morgan fingerprint density at radius 1 is 1.35 bits per heavy atom. The van der Waals surface area contributed by atoms with Crippen LogP contribution in [0.3, 0.4) is 0 Å². The van der Waals surface area contributed by atoms with E-state index in [9.17, 15) is 4.79 Å². The molecule has 0 unspecified atom stereocenters. The van der Waals surface area contributed by atoms with Crippen LogP contribution in [0, 0.1) is 0 Å². The van der Waals surface area contributed by atoms with Crippen LogP contribution in [0.4, 0.5) is 0 Å². The van der Waals surface area contributed by atoms with Crippen LogP contribution in [0.15, 0.2) is 24.3 Å². The molecule has 2 aromatic rings. The maximum atomic E-state index is 12.1. The van der Waals surface area contributed by atoms with Crippen LogP contribution in [-0.4, -0.2) is 33.3 Å². The second-order valence-corrected chi connectivity index (χ2v) is 8.64. The molecule has 2 rings (SSSR count). The van der Waals surface area contributed by atoms with Crippen molar-refractivity contribution in [2.45, 2.75) is 32.1 Å². The van der Waals surface area contributed by atoms with Gasteiger partial charge in [0.15, 0.2) is 0 Å². The molecule has 0 spiro atoms. The molecule has 3 nitrogen and oxygen atoms in total. The van der Waals surface area contributed by atoms with Crippen molar-refractivity contribution >= 4 is 39.2 Å². The van der Waals surface area contributed by atoms with Gasteiger partial charge in [0.05, 0.1) is 22.5 Å². The summed E-state index contributed by atoms with van der Waals surface area (Å²) >= 11 is 3.33. The van der Waals surface area contributed by atoms with Gasteiger partial charge in [-0.3, -0.25) is 4.79 Å². The highest BCUT2D eigenvalue weighted by molar-refractivity contribution is 8.01. The second kappa shape index (κ2) is 6.14. The van der Waals surface area contributed by atoms with E-state index in [2.05, 4.69) is 31.8 Å². The average molecular weight is 308 g/mol. The van der Waals surface area contributed by atoms with Gasteiger partial charge in [0, 0.05) is 11.8 Å². The first-order valence-corrected chi connectivity index (χ1v) is 8.38. The van der Waals surface area contributed by atoms with Gasteiger partial charge in [0.1, 0.15) is 5.01 Å². The summed E-state index contributed by atoms with van der Waals surface area (Å²) in [5, 5.41) is 0.989. The molecule has 0 saturated carbocycles. The number of para-hydroxylation sites is 1. The van der Waals surface area contributed by atoms with Crippen LogP contribution in [0.2, 0.25) is 0 Å². The van der Waals surface area contributed by atoms with Crippen molar-refractivity contribution in [3.63, 3.8) is 0 Å². The number of amides is 1. The van der Waals surface area contributed by atoms with Gasteiger partial charge in [-0.25, -0.2) is 4.98 Å². The lowest BCUT2D eigenvalue weighted by molar-refractivity contribution is -0.127. The fraction of sp³-hybridized carbons (Fsp3) is 0.467. The Morgan fingerprint density at radius 2 is 2.05 bits per heavy atom. The summed E-state index contributed by atoms with van der Waals surface area (Å²) in [4.78, 5) is 18.4. The minimum Gasteiger partial charge on any atom is -0.338 e. The summed E-state index contributed by atoms with van der Waals surface area (Å²) in [6.07, 6.45) is 0. The highest BCUT2D eigenvalue weighted by Crippen LogP contribution is 2.25. The highest BCUT2D eigenvalue weighted by atomic mass is 32.2. The van der Waals surface area contributed by atoms with Crippen LogP contribution in [0.5, 0.6) is 0 Å². The van der Waals surface area contributed by atoms with E-state index in [0.717, 1.165) is 10.5 Å². The molecule has 0 N–H and O–H groups in total. The van der Waals surface area contributed by atoms with E-state index >= 15 is 0 Å². The number of hydrogen-bond acceptors (Lipinski definition) is 4. The molecule has 1 amide bonds. The first-order chi connectivity index (χ1) is 9.35. The number of thiazole rings is 1. The van der Waals surface area contributed by atoms with Crippen molar-refractivity contribution in [3.8, 4) is 0 Å². The van der Waals surface area contributed by atoms with E-state index in [4.69, 9.17) is 0 Å². The largest absolute Gasteiger partial charge is 0.338 e. The molecule has 0 aliphatic carbocycles. The van der Waals surface area contributed by atoms with Crippen molar-refractivity contribution in [2.75, 3.05) is 12.8 Å². The maximum Gasteiger partial charge on any atom is 0.232 e. The average Bonchev–Trinajstić information content (AvgIpc) is 2.76. The minimum atomic E-state index is 0.117. The van der Waals surface area contributed by atoms with E-state index < -0.39 is 0 Å². The van der Waals surface area contributed by atoms with E-state index in [-0.39, 0.29) is 10.7 Å². The Kier molecular flexibility index (Phi) is 4.70. The Morgan fingerprint density at radius 3 is 2.70 bits per heavy atom. The molecule has 5 heteroatoms. The lowest BCUT2D eigenvalue weighted by Crippen LogP contribution is -2.29. The zero-order valence-corrected chi connectivity index (χ0v) is 14.0. The molecule has 0 radical (unpaired) electrons. The van der Waals surface area contributed by atoms with Crippen LogP contribution in [0.1, 0.15) is 25.8 Å². The quantitative estimate of drug-likeness (QED) is 0.861. The summed E-state index contributed by atoms with van der Waals surface area (Å²) in [6, 6.07) is 8.07. The van der Waals surface area contributed by atoms with Crippen LogP contribution in [-0.2, 0) is 11.3 Å². The Hall–Kier alpha value is -1.07. The molecule has 0 aliphatic rings. The predicted molar refractivity (Wildman–Crippen MR) is 88.3 cm³/mol. The van der Waals surface area contributed by atoms with Crippen LogP contribution >= 0.6 is 23.1 Å². The molecule has 108 valence electrons. The third-order valence-corrected chi connectivity index (χ3v) is 5.04. The topological polar surface area (TPSA) is 33.2 Å². The Labute approximate surface area is 128 Å². The second-order valence-electron chi connectivity index (χ2n) is 5.73. The van der Waals surface area contributed by atoms with Gasteiger partial charge in [-0.05, 0) is 12.1 Å². The Bertz CT molecular complexity index is 568. The van der Waals surface area contributed by atoms with Gasteiger partial charge in [-0.1, -0.05) is 32.9 Å². The molecule has 0 saturated heterocycles. The highest BCUT2D eigenvalue weighted by Gasteiger charge is 2.17. The van der Waals surface area contributed by atoms with E-state index in [1.165, 1.54) is 4.70 Å². The van der Waals surface area contributed by atoms with Crippen molar-refractivity contribution in [1.82, 2.24) is 9.88 Å². The van der Waals surface area contributed by atoms with Crippen molar-refractivity contribution in [2.24, 2.45) is 0 Å². The number of aromatic nitrogens is 1. The lowest BCUT2D eigenvalue weighted by Gasteiger charge is -2.20. The summed E-state index contributed by atoms with van der Waals surface area (Å²) in [7, 11) is 1.84. The lowest BCUT2D eigenvalue weighted by atomic mass is 10.3. The van der Waals surface area contributed by atoms with Gasteiger partial charge >= 0.3 is 0 Å². The SMILES string of the molecule is CN(Cc1nc2ccccc2s1)C(=O)CSC(C)(C)C. The number of fused-ring (bicyclic) bond motifs is 1. The van der Waals surface area contributed by atoms with Gasteiger partial charge in [0.2, 0.25) is 5.91 Å². The van der Waals surface area contributed by atoms with Crippen molar-refractivity contribution in [1.29, 1.82) is 0 Å². The summed E-state index contributed by atoms with van der Waals surface area (Å²) < 4.78 is 1.29. The number of carbonyl (C=O) groups excluding carboxylic acids is 1. The number of rotatable bonds is 4. The monoisotopic (exact) mass is 308 g/mol. The molecule has 20 heavy (non-hydrogen) atoms. The zero-order chi connectivity index (χ0) is 14.8. The molecule has 0 fully saturated rings. The normalized spacial score (nSPS) is 11.8. The van der Waals surface area contributed by atoms with Crippen molar-refractivity contribution < 1.29 is 4.79 Å². The number of benzene rings is 1. The van der Waals surface area contributed by atoms with Gasteiger partial charge in [-0.2, -0.15) is 0 Å². The maximum absolute atomic E-state index is 12.1. The van der Waals surface area contributed by atoms with Crippen LogP contribution < -0.4 is 0 Å². The predicted octanol–water partition coefficient (Wildman–Crippen LogP) is 3.79. The third-order valence-electron chi connectivity index (χ3n) is 2.77. The zero-order valence-electron chi connectivity index (χ0n) is 12.3. The van der Waals surface area contributed by atoms with Gasteiger partial charge in [-0.15, -0.1) is 23.1 Å². The number of nitrogens with zero attached hydrogens (tertiary/aromatic N) is 2. The molecule has 0 atom stereocenters. The number of hydrogen-bond donors (Lipinski definition) is 0. The molecule has 1 aromatic carbocycles. The molecule has 0 bridgehead atoms. The molecular formula is C15H20N2OS2. The van der Waals surface area contributed by atoms with E-state index in [0.29, 0.717) is 12.3 Å². The molecular weight excluding hydrogens is 288 g/mol. The Balaban J connectivity index is 1.96.